The van der Waals surface area contributed by atoms with Crippen LogP contribution in [0.4, 0.5) is 13.2 Å². The van der Waals surface area contributed by atoms with Crippen molar-refractivity contribution in [3.8, 4) is 21.9 Å². The lowest BCUT2D eigenvalue weighted by atomic mass is 10.1. The highest BCUT2D eigenvalue weighted by Crippen LogP contribution is 2.38. The summed E-state index contributed by atoms with van der Waals surface area (Å²) in [5, 5.41) is 0.357. The smallest absolute Gasteiger partial charge is 0.422 e. The van der Waals surface area contributed by atoms with Crippen molar-refractivity contribution in [2.24, 2.45) is 0 Å². The van der Waals surface area contributed by atoms with Gasteiger partial charge in [0.15, 0.2) is 18.0 Å². The maximum absolute atomic E-state index is 12.9. The van der Waals surface area contributed by atoms with Crippen molar-refractivity contribution in [3.05, 3.63) is 69.0 Å². The molecule has 40 heavy (non-hydrogen) atoms. The maximum atomic E-state index is 12.9. The fourth-order valence-corrected chi connectivity index (χ4v) is 4.91. The molecule has 1 aromatic heterocycles. The Hall–Kier alpha value is -2.75. The Morgan fingerprint density at radius 2 is 1.52 bits per heavy atom. The van der Waals surface area contributed by atoms with Crippen LogP contribution in [0.3, 0.4) is 0 Å². The summed E-state index contributed by atoms with van der Waals surface area (Å²) < 4.78 is 53.0. The van der Waals surface area contributed by atoms with Gasteiger partial charge in [0.05, 0.1) is 9.90 Å². The first-order chi connectivity index (χ1) is 18.4. The molecule has 216 valence electrons. The van der Waals surface area contributed by atoms with Gasteiger partial charge in [-0.15, -0.1) is 11.3 Å². The van der Waals surface area contributed by atoms with E-state index in [1.54, 1.807) is 71.0 Å². The summed E-state index contributed by atoms with van der Waals surface area (Å²) in [6.07, 6.45) is -3.92. The predicted octanol–water partition coefficient (Wildman–Crippen LogP) is 8.98. The summed E-state index contributed by atoms with van der Waals surface area (Å²) in [5.41, 5.74) is -0.597. The fourth-order valence-electron chi connectivity index (χ4n) is 3.46. The molecule has 0 amide bonds. The highest BCUT2D eigenvalue weighted by molar-refractivity contribution is 7.17. The van der Waals surface area contributed by atoms with Crippen molar-refractivity contribution in [2.45, 2.75) is 64.8 Å². The number of thiophene rings is 1. The number of hydrogen-bond acceptors (Lipinski definition) is 6. The molecule has 2 aromatic carbocycles. The van der Waals surface area contributed by atoms with Crippen molar-refractivity contribution in [3.63, 3.8) is 0 Å². The van der Waals surface area contributed by atoms with Crippen molar-refractivity contribution >= 4 is 46.3 Å². The molecule has 0 aliphatic heterocycles. The molecule has 0 saturated carbocycles. The molecule has 1 heterocycles. The van der Waals surface area contributed by atoms with Crippen LogP contribution in [0.5, 0.6) is 11.5 Å². The second-order valence-electron chi connectivity index (χ2n) is 10.5. The number of benzene rings is 2. The molecule has 3 aromatic rings. The van der Waals surface area contributed by atoms with Crippen LogP contribution in [-0.4, -0.2) is 35.7 Å². The highest BCUT2D eigenvalue weighted by atomic mass is 35.5. The minimum Gasteiger partial charge on any atom is -0.484 e. The number of carbonyl (C=O) groups is 2. The van der Waals surface area contributed by atoms with Crippen LogP contribution in [0.1, 0.15) is 56.3 Å². The SMILES string of the molecule is CC(C)(C)OC(=O)C(C)(C)Oc1ccc(CCC(=O)c2ccc(-c3ccc(OCC(F)(F)F)cc3)s2)c(Cl)c1Cl. The molecule has 3 rings (SSSR count). The summed E-state index contributed by atoms with van der Waals surface area (Å²) in [7, 11) is 0. The molecule has 0 fully saturated rings. The topological polar surface area (TPSA) is 61.8 Å². The van der Waals surface area contributed by atoms with Gasteiger partial charge in [-0.2, -0.15) is 13.2 Å². The van der Waals surface area contributed by atoms with Crippen molar-refractivity contribution in [1.29, 1.82) is 0 Å². The van der Waals surface area contributed by atoms with Crippen molar-refractivity contribution in [2.75, 3.05) is 6.61 Å². The summed E-state index contributed by atoms with van der Waals surface area (Å²) in [6, 6.07) is 13.0. The summed E-state index contributed by atoms with van der Waals surface area (Å²) in [4.78, 5) is 26.7. The van der Waals surface area contributed by atoms with Crippen molar-refractivity contribution < 1.29 is 37.0 Å². The van der Waals surface area contributed by atoms with E-state index in [0.717, 1.165) is 10.4 Å². The summed E-state index contributed by atoms with van der Waals surface area (Å²) in [6.45, 7) is 7.06. The van der Waals surface area contributed by atoms with Crippen LogP contribution in [0, 0.1) is 0 Å². The normalized spacial score (nSPS) is 12.2. The third-order valence-corrected chi connectivity index (χ3v) is 7.51. The minimum absolute atomic E-state index is 0.0973. The van der Waals surface area contributed by atoms with Crippen LogP contribution in [0.25, 0.3) is 10.4 Å². The van der Waals surface area contributed by atoms with Gasteiger partial charge in [-0.1, -0.05) is 29.3 Å². The third-order valence-electron chi connectivity index (χ3n) is 5.43. The molecule has 11 heteroatoms. The first-order valence-electron chi connectivity index (χ1n) is 12.3. The molecule has 0 N–H and O–H groups in total. The predicted molar refractivity (Wildman–Crippen MR) is 151 cm³/mol. The molecule has 0 saturated heterocycles. The van der Waals surface area contributed by atoms with E-state index in [1.165, 1.54) is 23.5 Å². The van der Waals surface area contributed by atoms with Gasteiger partial charge in [0.2, 0.25) is 0 Å². The number of alkyl halides is 3. The third kappa shape index (κ3) is 8.88. The molecule has 0 aliphatic carbocycles. The van der Waals surface area contributed by atoms with Gasteiger partial charge >= 0.3 is 12.1 Å². The fraction of sp³-hybridized carbons (Fsp3) is 0.379. The highest BCUT2D eigenvalue weighted by Gasteiger charge is 2.35. The van der Waals surface area contributed by atoms with Gasteiger partial charge in [-0.05, 0) is 94.6 Å². The average Bonchev–Trinajstić information content (AvgIpc) is 3.34. The van der Waals surface area contributed by atoms with Crippen LogP contribution in [0.2, 0.25) is 10.0 Å². The zero-order valence-electron chi connectivity index (χ0n) is 22.6. The molecule has 0 spiro atoms. The molecule has 5 nitrogen and oxygen atoms in total. The Balaban J connectivity index is 1.62. The summed E-state index contributed by atoms with van der Waals surface area (Å²) >= 11 is 14.2. The zero-order valence-corrected chi connectivity index (χ0v) is 24.9. The van der Waals surface area contributed by atoms with E-state index in [-0.39, 0.29) is 33.7 Å². The first-order valence-corrected chi connectivity index (χ1v) is 13.8. The minimum atomic E-state index is -4.41. The number of Topliss-reactive ketones (excluding diaryl/α,β-unsaturated/α-hetero) is 1. The average molecular weight is 618 g/mol. The molecule has 0 radical (unpaired) electrons. The molecule has 0 atom stereocenters. The van der Waals surface area contributed by atoms with Gasteiger partial charge in [0.1, 0.15) is 22.1 Å². The van der Waals surface area contributed by atoms with Gasteiger partial charge < -0.3 is 14.2 Å². The number of carbonyl (C=O) groups excluding carboxylic acids is 2. The van der Waals surface area contributed by atoms with E-state index < -0.39 is 30.0 Å². The number of aryl methyl sites for hydroxylation is 1. The monoisotopic (exact) mass is 616 g/mol. The van der Waals surface area contributed by atoms with Crippen LogP contribution in [-0.2, 0) is 16.0 Å². The number of ether oxygens (including phenoxy) is 3. The number of ketones is 1. The van der Waals surface area contributed by atoms with E-state index in [4.69, 9.17) is 37.4 Å². The van der Waals surface area contributed by atoms with E-state index in [1.807, 2.05) is 0 Å². The number of halogens is 5. The second kappa shape index (κ2) is 12.4. The van der Waals surface area contributed by atoms with Crippen LogP contribution in [0.15, 0.2) is 48.5 Å². The second-order valence-corrected chi connectivity index (χ2v) is 12.3. The van der Waals surface area contributed by atoms with E-state index in [9.17, 15) is 22.8 Å². The number of hydrogen-bond donors (Lipinski definition) is 0. The Bertz CT molecular complexity index is 1360. The Labute approximate surface area is 245 Å². The standard InChI is InChI=1S/C29H29Cl2F3O5S/c1-27(2,3)39-26(36)28(4,5)38-21-13-9-18(24(30)25(21)31)8-12-20(35)23-15-14-22(40-23)17-6-10-19(11-7-17)37-16-29(32,33)34/h6-7,9-11,13-15H,8,12,16H2,1-5H3. The largest absolute Gasteiger partial charge is 0.484 e. The van der Waals surface area contributed by atoms with E-state index in [0.29, 0.717) is 16.9 Å². The van der Waals surface area contributed by atoms with Gasteiger partial charge in [-0.3, -0.25) is 4.79 Å². The van der Waals surface area contributed by atoms with Crippen LogP contribution < -0.4 is 9.47 Å². The maximum Gasteiger partial charge on any atom is 0.422 e. The van der Waals surface area contributed by atoms with Crippen molar-refractivity contribution in [1.82, 2.24) is 0 Å². The molecule has 0 aliphatic rings. The zero-order chi connectivity index (χ0) is 29.9. The van der Waals surface area contributed by atoms with E-state index >= 15 is 0 Å². The molecule has 0 unspecified atom stereocenters. The lowest BCUT2D eigenvalue weighted by molar-refractivity contribution is -0.170. The Morgan fingerprint density at radius 3 is 2.12 bits per heavy atom. The van der Waals surface area contributed by atoms with Gasteiger partial charge in [-0.25, -0.2) is 4.79 Å². The van der Waals surface area contributed by atoms with Crippen LogP contribution >= 0.6 is 34.5 Å². The lowest BCUT2D eigenvalue weighted by Gasteiger charge is -2.29. The first kappa shape index (κ1) is 31.8. The quantitative estimate of drug-likeness (QED) is 0.168. The Kier molecular flexibility index (Phi) is 9.86. The van der Waals surface area contributed by atoms with E-state index in [2.05, 4.69) is 0 Å². The Morgan fingerprint density at radius 1 is 0.875 bits per heavy atom. The molecule has 0 bridgehead atoms. The summed E-state index contributed by atoms with van der Waals surface area (Å²) in [5.74, 6) is -0.326. The number of rotatable bonds is 10. The number of esters is 1. The lowest BCUT2D eigenvalue weighted by Crippen LogP contribution is -2.43. The van der Waals surface area contributed by atoms with Gasteiger partial charge in [0.25, 0.3) is 0 Å². The molecular weight excluding hydrogens is 588 g/mol. The van der Waals surface area contributed by atoms with Gasteiger partial charge in [0, 0.05) is 11.3 Å². The molecular formula is C29H29Cl2F3O5S.